The highest BCUT2D eigenvalue weighted by Crippen LogP contribution is 2.28. The van der Waals surface area contributed by atoms with Crippen LogP contribution in [-0.4, -0.2) is 19.6 Å². The quantitative estimate of drug-likeness (QED) is 0.795. The molecule has 0 saturated carbocycles. The third-order valence-corrected chi connectivity index (χ3v) is 3.37. The van der Waals surface area contributed by atoms with Crippen LogP contribution in [0.4, 0.5) is 0 Å². The molecule has 3 rings (SSSR count). The Labute approximate surface area is 121 Å². The number of pyridine rings is 1. The lowest BCUT2D eigenvalue weighted by Gasteiger charge is -2.07. The highest BCUT2D eigenvalue weighted by atomic mass is 35.5. The fourth-order valence-corrected chi connectivity index (χ4v) is 2.49. The maximum Gasteiger partial charge on any atom is 0.142 e. The number of aromatic hydroxyl groups is 1. The summed E-state index contributed by atoms with van der Waals surface area (Å²) in [6, 6.07) is 7.35. The highest BCUT2D eigenvalue weighted by molar-refractivity contribution is 6.31. The molecule has 0 unspecified atom stereocenters. The summed E-state index contributed by atoms with van der Waals surface area (Å²) in [6.45, 7) is 2.97. The van der Waals surface area contributed by atoms with Gasteiger partial charge in [-0.3, -0.25) is 4.98 Å². The zero-order valence-corrected chi connectivity index (χ0v) is 11.8. The van der Waals surface area contributed by atoms with Crippen LogP contribution in [0, 0.1) is 0 Å². The van der Waals surface area contributed by atoms with E-state index in [0.717, 1.165) is 35.4 Å². The van der Waals surface area contributed by atoms with Crippen LogP contribution in [0.3, 0.4) is 0 Å². The summed E-state index contributed by atoms with van der Waals surface area (Å²) in [5, 5.41) is 10.3. The van der Waals surface area contributed by atoms with Crippen molar-refractivity contribution >= 4 is 22.6 Å². The van der Waals surface area contributed by atoms with Crippen LogP contribution in [-0.2, 0) is 6.54 Å². The van der Waals surface area contributed by atoms with E-state index in [-0.39, 0.29) is 5.75 Å². The van der Waals surface area contributed by atoms with E-state index in [4.69, 9.17) is 11.6 Å². The Morgan fingerprint density at radius 2 is 2.10 bits per heavy atom. The van der Waals surface area contributed by atoms with Crippen molar-refractivity contribution in [3.8, 4) is 17.1 Å². The molecule has 0 aliphatic rings. The van der Waals surface area contributed by atoms with E-state index in [1.54, 1.807) is 12.3 Å². The minimum Gasteiger partial charge on any atom is -0.506 e. The summed E-state index contributed by atoms with van der Waals surface area (Å²) in [4.78, 5) is 8.65. The number of aryl methyl sites for hydroxylation is 1. The summed E-state index contributed by atoms with van der Waals surface area (Å²) in [5.74, 6) is 0.933. The van der Waals surface area contributed by atoms with Gasteiger partial charge in [-0.25, -0.2) is 4.98 Å². The molecule has 4 nitrogen and oxygen atoms in total. The molecule has 5 heteroatoms. The molecule has 0 aliphatic heterocycles. The minimum absolute atomic E-state index is 0.135. The molecule has 102 valence electrons. The second-order valence-corrected chi connectivity index (χ2v) is 5.09. The van der Waals surface area contributed by atoms with Gasteiger partial charge < -0.3 is 9.67 Å². The number of rotatable bonds is 3. The van der Waals surface area contributed by atoms with Gasteiger partial charge in [-0.15, -0.1) is 0 Å². The van der Waals surface area contributed by atoms with E-state index < -0.39 is 0 Å². The minimum atomic E-state index is 0.135. The summed E-state index contributed by atoms with van der Waals surface area (Å²) in [5.41, 5.74) is 2.68. The van der Waals surface area contributed by atoms with Crippen LogP contribution in [0.2, 0.25) is 5.02 Å². The normalized spacial score (nSPS) is 11.1. The van der Waals surface area contributed by atoms with Crippen LogP contribution in [0.25, 0.3) is 22.4 Å². The SMILES string of the molecule is CCCn1c(-c2cncc(O)c2)nc2cc(Cl)ccc21. The zero-order valence-electron chi connectivity index (χ0n) is 11.0. The van der Waals surface area contributed by atoms with E-state index in [1.807, 2.05) is 18.2 Å². The lowest BCUT2D eigenvalue weighted by molar-refractivity contribution is 0.473. The van der Waals surface area contributed by atoms with Gasteiger partial charge in [0.05, 0.1) is 17.2 Å². The van der Waals surface area contributed by atoms with Crippen LogP contribution in [0.5, 0.6) is 5.75 Å². The number of aromatic nitrogens is 3. The van der Waals surface area contributed by atoms with E-state index in [2.05, 4.69) is 21.5 Å². The lowest BCUT2D eigenvalue weighted by atomic mass is 10.2. The van der Waals surface area contributed by atoms with Gasteiger partial charge in [0.1, 0.15) is 11.6 Å². The molecule has 3 aromatic rings. The van der Waals surface area contributed by atoms with Crippen molar-refractivity contribution in [2.75, 3.05) is 0 Å². The highest BCUT2D eigenvalue weighted by Gasteiger charge is 2.13. The van der Waals surface area contributed by atoms with Gasteiger partial charge in [-0.05, 0) is 30.7 Å². The van der Waals surface area contributed by atoms with Crippen LogP contribution >= 0.6 is 11.6 Å². The number of imidazole rings is 1. The summed E-state index contributed by atoms with van der Waals surface area (Å²) in [6.07, 6.45) is 4.11. The molecule has 2 aromatic heterocycles. The van der Waals surface area contributed by atoms with Gasteiger partial charge in [0.15, 0.2) is 0 Å². The first-order chi connectivity index (χ1) is 9.69. The fraction of sp³-hybridized carbons (Fsp3) is 0.200. The maximum atomic E-state index is 9.59. The Bertz CT molecular complexity index is 767. The van der Waals surface area contributed by atoms with Gasteiger partial charge in [-0.1, -0.05) is 18.5 Å². The van der Waals surface area contributed by atoms with E-state index >= 15 is 0 Å². The van der Waals surface area contributed by atoms with Crippen molar-refractivity contribution in [3.63, 3.8) is 0 Å². The van der Waals surface area contributed by atoms with Gasteiger partial charge in [0.2, 0.25) is 0 Å². The molecule has 0 bridgehead atoms. The second-order valence-electron chi connectivity index (χ2n) is 4.65. The van der Waals surface area contributed by atoms with Crippen molar-refractivity contribution < 1.29 is 5.11 Å². The van der Waals surface area contributed by atoms with Crippen LogP contribution in [0.1, 0.15) is 13.3 Å². The van der Waals surface area contributed by atoms with E-state index in [0.29, 0.717) is 5.02 Å². The Kier molecular flexibility index (Phi) is 3.32. The standard InChI is InChI=1S/C15H14ClN3O/c1-2-5-19-14-4-3-11(16)7-13(14)18-15(19)10-6-12(20)9-17-8-10/h3-4,6-9,20H,2,5H2,1H3. The molecular formula is C15H14ClN3O. The van der Waals surface area contributed by atoms with Crippen LogP contribution < -0.4 is 0 Å². The first kappa shape index (κ1) is 12.9. The third kappa shape index (κ3) is 2.23. The monoisotopic (exact) mass is 287 g/mol. The number of fused-ring (bicyclic) bond motifs is 1. The molecule has 2 heterocycles. The molecule has 0 saturated heterocycles. The third-order valence-electron chi connectivity index (χ3n) is 3.14. The van der Waals surface area contributed by atoms with Crippen molar-refractivity contribution in [2.45, 2.75) is 19.9 Å². The molecule has 0 aliphatic carbocycles. The Hall–Kier alpha value is -2.07. The second kappa shape index (κ2) is 5.13. The number of benzene rings is 1. The van der Waals surface area contributed by atoms with Crippen molar-refractivity contribution in [3.05, 3.63) is 41.7 Å². The molecule has 20 heavy (non-hydrogen) atoms. The molecule has 0 radical (unpaired) electrons. The topological polar surface area (TPSA) is 50.9 Å². The Balaban J connectivity index is 2.25. The van der Waals surface area contributed by atoms with Crippen molar-refractivity contribution in [1.82, 2.24) is 14.5 Å². The van der Waals surface area contributed by atoms with E-state index in [9.17, 15) is 5.11 Å². The van der Waals surface area contributed by atoms with Gasteiger partial charge >= 0.3 is 0 Å². The Morgan fingerprint density at radius 3 is 2.85 bits per heavy atom. The number of hydrogen-bond donors (Lipinski definition) is 1. The summed E-state index contributed by atoms with van der Waals surface area (Å²) < 4.78 is 2.13. The molecule has 0 fully saturated rings. The number of halogens is 1. The number of hydrogen-bond acceptors (Lipinski definition) is 3. The molecule has 1 aromatic carbocycles. The molecule has 0 spiro atoms. The molecular weight excluding hydrogens is 274 g/mol. The predicted molar refractivity (Wildman–Crippen MR) is 79.9 cm³/mol. The predicted octanol–water partition coefficient (Wildman–Crippen LogP) is 3.87. The lowest BCUT2D eigenvalue weighted by Crippen LogP contribution is -1.99. The molecule has 0 atom stereocenters. The van der Waals surface area contributed by atoms with Crippen LogP contribution in [0.15, 0.2) is 36.7 Å². The van der Waals surface area contributed by atoms with Gasteiger partial charge in [-0.2, -0.15) is 0 Å². The van der Waals surface area contributed by atoms with Crippen molar-refractivity contribution in [2.24, 2.45) is 0 Å². The Morgan fingerprint density at radius 1 is 1.25 bits per heavy atom. The molecule has 1 N–H and O–H groups in total. The first-order valence-electron chi connectivity index (χ1n) is 6.49. The maximum absolute atomic E-state index is 9.59. The fourth-order valence-electron chi connectivity index (χ4n) is 2.32. The first-order valence-corrected chi connectivity index (χ1v) is 6.87. The average Bonchev–Trinajstić information content (AvgIpc) is 2.77. The average molecular weight is 288 g/mol. The molecule has 0 amide bonds. The summed E-state index contributed by atoms with van der Waals surface area (Å²) in [7, 11) is 0. The van der Waals surface area contributed by atoms with Gasteiger partial charge in [0, 0.05) is 23.3 Å². The number of nitrogens with zero attached hydrogens (tertiary/aromatic N) is 3. The largest absolute Gasteiger partial charge is 0.506 e. The zero-order chi connectivity index (χ0) is 14.1. The van der Waals surface area contributed by atoms with Gasteiger partial charge in [0.25, 0.3) is 0 Å². The smallest absolute Gasteiger partial charge is 0.142 e. The van der Waals surface area contributed by atoms with E-state index in [1.165, 1.54) is 6.20 Å². The van der Waals surface area contributed by atoms with Crippen molar-refractivity contribution in [1.29, 1.82) is 0 Å². The summed E-state index contributed by atoms with van der Waals surface area (Å²) >= 11 is 6.03.